The minimum absolute atomic E-state index is 0.792. The largest absolute Gasteiger partial charge is 0.298 e. The fraction of sp³-hybridized carbons (Fsp3) is 0.312. The SMILES string of the molecule is CCCCCc1cccc2c(C=O)cccc12. The molecular weight excluding hydrogens is 208 g/mol. The Balaban J connectivity index is 2.39. The van der Waals surface area contributed by atoms with E-state index in [9.17, 15) is 4.79 Å². The van der Waals surface area contributed by atoms with Crippen molar-refractivity contribution in [2.24, 2.45) is 0 Å². The van der Waals surface area contributed by atoms with Gasteiger partial charge in [-0.3, -0.25) is 4.79 Å². The lowest BCUT2D eigenvalue weighted by Gasteiger charge is -2.07. The minimum atomic E-state index is 0.792. The van der Waals surface area contributed by atoms with Gasteiger partial charge in [0.05, 0.1) is 0 Å². The number of aryl methyl sites for hydroxylation is 1. The average Bonchev–Trinajstić information content (AvgIpc) is 2.38. The fourth-order valence-corrected chi connectivity index (χ4v) is 2.29. The zero-order valence-corrected chi connectivity index (χ0v) is 10.3. The molecule has 88 valence electrons. The second-order valence-corrected chi connectivity index (χ2v) is 4.43. The van der Waals surface area contributed by atoms with Gasteiger partial charge < -0.3 is 0 Å². The van der Waals surface area contributed by atoms with Gasteiger partial charge >= 0.3 is 0 Å². The molecule has 2 rings (SSSR count). The van der Waals surface area contributed by atoms with Crippen molar-refractivity contribution in [1.29, 1.82) is 0 Å². The molecule has 0 unspecified atom stereocenters. The minimum Gasteiger partial charge on any atom is -0.298 e. The van der Waals surface area contributed by atoms with Crippen LogP contribution >= 0.6 is 0 Å². The summed E-state index contributed by atoms with van der Waals surface area (Å²) in [6.07, 6.45) is 5.78. The molecule has 0 saturated carbocycles. The molecule has 0 bridgehead atoms. The van der Waals surface area contributed by atoms with Gasteiger partial charge in [-0.1, -0.05) is 56.2 Å². The summed E-state index contributed by atoms with van der Waals surface area (Å²) in [4.78, 5) is 11.0. The summed E-state index contributed by atoms with van der Waals surface area (Å²) in [6.45, 7) is 2.22. The Labute approximate surface area is 102 Å². The van der Waals surface area contributed by atoms with E-state index < -0.39 is 0 Å². The third-order valence-electron chi connectivity index (χ3n) is 3.22. The molecule has 0 aliphatic heterocycles. The van der Waals surface area contributed by atoms with Crippen LogP contribution in [0.4, 0.5) is 0 Å². The van der Waals surface area contributed by atoms with Gasteiger partial charge in [0.25, 0.3) is 0 Å². The Morgan fingerprint density at radius 3 is 2.53 bits per heavy atom. The van der Waals surface area contributed by atoms with Crippen LogP contribution in [-0.4, -0.2) is 6.29 Å². The number of carbonyl (C=O) groups is 1. The van der Waals surface area contributed by atoms with Gasteiger partial charge in [0, 0.05) is 5.56 Å². The third kappa shape index (κ3) is 2.55. The van der Waals surface area contributed by atoms with Gasteiger partial charge in [-0.25, -0.2) is 0 Å². The number of fused-ring (bicyclic) bond motifs is 1. The van der Waals surface area contributed by atoms with Crippen molar-refractivity contribution in [3.8, 4) is 0 Å². The van der Waals surface area contributed by atoms with E-state index in [1.807, 2.05) is 18.2 Å². The molecule has 0 aromatic heterocycles. The number of aldehydes is 1. The van der Waals surface area contributed by atoms with Crippen LogP contribution in [0.15, 0.2) is 36.4 Å². The summed E-state index contributed by atoms with van der Waals surface area (Å²) < 4.78 is 0. The zero-order valence-electron chi connectivity index (χ0n) is 10.3. The van der Waals surface area contributed by atoms with Crippen LogP contribution in [0.3, 0.4) is 0 Å². The number of rotatable bonds is 5. The topological polar surface area (TPSA) is 17.1 Å². The maximum absolute atomic E-state index is 11.0. The van der Waals surface area contributed by atoms with Crippen molar-refractivity contribution in [3.63, 3.8) is 0 Å². The number of hydrogen-bond donors (Lipinski definition) is 0. The van der Waals surface area contributed by atoms with E-state index in [-0.39, 0.29) is 0 Å². The molecule has 0 aliphatic rings. The molecule has 2 aromatic rings. The maximum atomic E-state index is 11.0. The predicted molar refractivity (Wildman–Crippen MR) is 72.6 cm³/mol. The quantitative estimate of drug-likeness (QED) is 0.546. The first kappa shape index (κ1) is 11.8. The summed E-state index contributed by atoms with van der Waals surface area (Å²) in [7, 11) is 0. The molecule has 1 heteroatoms. The number of benzene rings is 2. The zero-order chi connectivity index (χ0) is 12.1. The molecule has 2 aromatic carbocycles. The van der Waals surface area contributed by atoms with Gasteiger partial charge in [-0.15, -0.1) is 0 Å². The third-order valence-corrected chi connectivity index (χ3v) is 3.22. The fourth-order valence-electron chi connectivity index (χ4n) is 2.29. The van der Waals surface area contributed by atoms with Crippen molar-refractivity contribution in [3.05, 3.63) is 47.5 Å². The molecule has 0 N–H and O–H groups in total. The van der Waals surface area contributed by atoms with E-state index in [1.54, 1.807) is 0 Å². The lowest BCUT2D eigenvalue weighted by atomic mass is 9.97. The van der Waals surface area contributed by atoms with E-state index in [2.05, 4.69) is 25.1 Å². The van der Waals surface area contributed by atoms with Gasteiger partial charge in [-0.05, 0) is 29.2 Å². The highest BCUT2D eigenvalue weighted by molar-refractivity contribution is 5.99. The van der Waals surface area contributed by atoms with Crippen LogP contribution in [0.5, 0.6) is 0 Å². The molecular formula is C16H18O. The second-order valence-electron chi connectivity index (χ2n) is 4.43. The first-order valence-corrected chi connectivity index (χ1v) is 6.32. The highest BCUT2D eigenvalue weighted by Gasteiger charge is 2.03. The Morgan fingerprint density at radius 1 is 1.00 bits per heavy atom. The molecule has 0 saturated heterocycles. The number of carbonyl (C=O) groups excluding carboxylic acids is 1. The standard InChI is InChI=1S/C16H18O/c1-2-3-4-7-13-8-5-11-16-14(12-17)9-6-10-15(13)16/h5-6,8-12H,2-4,7H2,1H3. The molecule has 1 nitrogen and oxygen atoms in total. The monoisotopic (exact) mass is 226 g/mol. The normalized spacial score (nSPS) is 10.6. The smallest absolute Gasteiger partial charge is 0.150 e. The van der Waals surface area contributed by atoms with Crippen LogP contribution in [-0.2, 0) is 6.42 Å². The molecule has 0 heterocycles. The van der Waals surface area contributed by atoms with Crippen molar-refractivity contribution >= 4 is 17.1 Å². The summed E-state index contributed by atoms with van der Waals surface area (Å²) >= 11 is 0. The van der Waals surface area contributed by atoms with Crippen LogP contribution in [0.1, 0.15) is 42.1 Å². The van der Waals surface area contributed by atoms with E-state index in [4.69, 9.17) is 0 Å². The maximum Gasteiger partial charge on any atom is 0.150 e. The highest BCUT2D eigenvalue weighted by Crippen LogP contribution is 2.23. The predicted octanol–water partition coefficient (Wildman–Crippen LogP) is 4.39. The average molecular weight is 226 g/mol. The number of unbranched alkanes of at least 4 members (excludes halogenated alkanes) is 2. The summed E-state index contributed by atoms with van der Waals surface area (Å²) in [5.74, 6) is 0. The Morgan fingerprint density at radius 2 is 1.76 bits per heavy atom. The van der Waals surface area contributed by atoms with Crippen LogP contribution in [0, 0.1) is 0 Å². The lowest BCUT2D eigenvalue weighted by Crippen LogP contribution is -1.90. The summed E-state index contributed by atoms with van der Waals surface area (Å²) in [5.41, 5.74) is 2.15. The van der Waals surface area contributed by atoms with Crippen LogP contribution < -0.4 is 0 Å². The van der Waals surface area contributed by atoms with Crippen molar-refractivity contribution in [2.75, 3.05) is 0 Å². The second kappa shape index (κ2) is 5.62. The van der Waals surface area contributed by atoms with Gasteiger partial charge in [0.1, 0.15) is 0 Å². The molecule has 17 heavy (non-hydrogen) atoms. The van der Waals surface area contributed by atoms with Gasteiger partial charge in [-0.2, -0.15) is 0 Å². The van der Waals surface area contributed by atoms with E-state index >= 15 is 0 Å². The van der Waals surface area contributed by atoms with Crippen molar-refractivity contribution < 1.29 is 4.79 Å². The van der Waals surface area contributed by atoms with Gasteiger partial charge in [0.2, 0.25) is 0 Å². The Kier molecular flexibility index (Phi) is 3.92. The summed E-state index contributed by atoms with van der Waals surface area (Å²) in [6, 6.07) is 12.2. The van der Waals surface area contributed by atoms with Crippen LogP contribution in [0.2, 0.25) is 0 Å². The van der Waals surface area contributed by atoms with E-state index in [1.165, 1.54) is 30.2 Å². The molecule has 0 atom stereocenters. The Hall–Kier alpha value is -1.63. The van der Waals surface area contributed by atoms with E-state index in [0.29, 0.717) is 0 Å². The highest BCUT2D eigenvalue weighted by atomic mass is 16.1. The molecule has 0 radical (unpaired) electrons. The molecule has 0 aliphatic carbocycles. The van der Waals surface area contributed by atoms with Crippen LogP contribution in [0.25, 0.3) is 10.8 Å². The molecule has 0 fully saturated rings. The van der Waals surface area contributed by atoms with Gasteiger partial charge in [0.15, 0.2) is 6.29 Å². The first-order chi connectivity index (χ1) is 8.36. The van der Waals surface area contributed by atoms with E-state index in [0.717, 1.165) is 23.7 Å². The van der Waals surface area contributed by atoms with Crippen molar-refractivity contribution in [1.82, 2.24) is 0 Å². The van der Waals surface area contributed by atoms with Crippen molar-refractivity contribution in [2.45, 2.75) is 32.6 Å². The molecule has 0 spiro atoms. The molecule has 0 amide bonds. The first-order valence-electron chi connectivity index (χ1n) is 6.32. The summed E-state index contributed by atoms with van der Waals surface area (Å²) in [5, 5.41) is 2.31. The number of hydrogen-bond acceptors (Lipinski definition) is 1. The lowest BCUT2D eigenvalue weighted by molar-refractivity contribution is 0.112. The Bertz CT molecular complexity index is 514.